The summed E-state index contributed by atoms with van der Waals surface area (Å²) in [6, 6.07) is 21.2. The van der Waals surface area contributed by atoms with Gasteiger partial charge in [0, 0.05) is 32.1 Å². The number of hydrogen-bond donors (Lipinski definition) is 1. The Bertz CT molecular complexity index is 747. The first-order valence-corrected chi connectivity index (χ1v) is 10.5. The Kier molecular flexibility index (Phi) is 7.42. The molecule has 5 heteroatoms. The summed E-state index contributed by atoms with van der Waals surface area (Å²) >= 11 is 0. The van der Waals surface area contributed by atoms with E-state index < -0.39 is 0 Å². The number of benzene rings is 2. The van der Waals surface area contributed by atoms with Gasteiger partial charge in [-0.2, -0.15) is 0 Å². The molecular formula is C24H31N3O2. The summed E-state index contributed by atoms with van der Waals surface area (Å²) in [5, 5.41) is 2.77. The normalized spacial score (nSPS) is 15.9. The molecule has 29 heavy (non-hydrogen) atoms. The van der Waals surface area contributed by atoms with E-state index in [9.17, 15) is 9.59 Å². The van der Waals surface area contributed by atoms with Crippen LogP contribution >= 0.6 is 0 Å². The molecular weight excluding hydrogens is 362 g/mol. The van der Waals surface area contributed by atoms with Crippen LogP contribution in [0.5, 0.6) is 0 Å². The molecule has 2 aromatic carbocycles. The minimum Gasteiger partial charge on any atom is -0.347 e. The first-order valence-electron chi connectivity index (χ1n) is 10.5. The molecule has 0 spiro atoms. The number of piperazine rings is 1. The highest BCUT2D eigenvalue weighted by atomic mass is 16.2. The number of nitrogens with zero attached hydrogens (tertiary/aromatic N) is 2. The lowest BCUT2D eigenvalue weighted by molar-refractivity contribution is -0.135. The Hall–Kier alpha value is -2.66. The van der Waals surface area contributed by atoms with Gasteiger partial charge in [0.2, 0.25) is 11.8 Å². The maximum Gasteiger partial charge on any atom is 0.242 e. The summed E-state index contributed by atoms with van der Waals surface area (Å²) < 4.78 is 0. The molecule has 154 valence electrons. The van der Waals surface area contributed by atoms with Gasteiger partial charge < -0.3 is 10.2 Å². The average Bonchev–Trinajstić information content (AvgIpc) is 2.78. The molecule has 1 heterocycles. The number of hydrogen-bond acceptors (Lipinski definition) is 3. The Morgan fingerprint density at radius 3 is 1.90 bits per heavy atom. The number of carbonyl (C=O) groups excluding carboxylic acids is 2. The second kappa shape index (κ2) is 10.2. The Morgan fingerprint density at radius 1 is 0.897 bits per heavy atom. The second-order valence-corrected chi connectivity index (χ2v) is 7.67. The zero-order valence-electron chi connectivity index (χ0n) is 17.4. The molecule has 2 amide bonds. The largest absolute Gasteiger partial charge is 0.347 e. The van der Waals surface area contributed by atoms with Gasteiger partial charge in [0.1, 0.15) is 0 Å². The quantitative estimate of drug-likeness (QED) is 0.787. The number of rotatable bonds is 7. The summed E-state index contributed by atoms with van der Waals surface area (Å²) in [4.78, 5) is 28.7. The van der Waals surface area contributed by atoms with Gasteiger partial charge in [0.15, 0.2) is 0 Å². The fraction of sp³-hybridized carbons (Fsp3) is 0.417. The first-order chi connectivity index (χ1) is 14.1. The highest BCUT2D eigenvalue weighted by molar-refractivity contribution is 5.85. The summed E-state index contributed by atoms with van der Waals surface area (Å²) in [5.74, 6) is -0.109. The van der Waals surface area contributed by atoms with E-state index in [2.05, 4.69) is 58.7 Å². The van der Waals surface area contributed by atoms with Crippen molar-refractivity contribution < 1.29 is 9.59 Å². The molecule has 1 saturated heterocycles. The summed E-state index contributed by atoms with van der Waals surface area (Å²) in [6.45, 7) is 6.90. The van der Waals surface area contributed by atoms with E-state index >= 15 is 0 Å². The van der Waals surface area contributed by atoms with Gasteiger partial charge in [-0.15, -0.1) is 0 Å². The Labute approximate surface area is 173 Å². The highest BCUT2D eigenvalue weighted by Crippen LogP contribution is 2.29. The molecule has 0 aromatic heterocycles. The Balaban J connectivity index is 1.62. The van der Waals surface area contributed by atoms with Gasteiger partial charge in [-0.05, 0) is 17.5 Å². The number of nitrogens with one attached hydrogen (secondary N) is 1. The third kappa shape index (κ3) is 5.45. The molecule has 0 radical (unpaired) electrons. The van der Waals surface area contributed by atoms with Crippen molar-refractivity contribution >= 4 is 11.8 Å². The zero-order chi connectivity index (χ0) is 20.6. The van der Waals surface area contributed by atoms with E-state index in [0.717, 1.165) is 19.5 Å². The molecule has 1 N–H and O–H groups in total. The fourth-order valence-corrected chi connectivity index (χ4v) is 3.75. The summed E-state index contributed by atoms with van der Waals surface area (Å²) in [5.41, 5.74) is 2.53. The average molecular weight is 394 g/mol. The van der Waals surface area contributed by atoms with Crippen LogP contribution in [0.15, 0.2) is 60.7 Å². The highest BCUT2D eigenvalue weighted by Gasteiger charge is 2.28. The lowest BCUT2D eigenvalue weighted by atomic mass is 9.96. The van der Waals surface area contributed by atoms with E-state index in [0.29, 0.717) is 13.1 Å². The van der Waals surface area contributed by atoms with Crippen molar-refractivity contribution in [2.24, 2.45) is 5.92 Å². The fourth-order valence-electron chi connectivity index (χ4n) is 3.75. The van der Waals surface area contributed by atoms with Crippen molar-refractivity contribution in [3.05, 3.63) is 71.8 Å². The van der Waals surface area contributed by atoms with E-state index in [1.807, 2.05) is 30.9 Å². The van der Waals surface area contributed by atoms with E-state index in [1.54, 1.807) is 0 Å². The molecule has 5 nitrogen and oxygen atoms in total. The molecule has 1 aliphatic heterocycles. The smallest absolute Gasteiger partial charge is 0.242 e. The number of carbonyl (C=O) groups is 2. The second-order valence-electron chi connectivity index (χ2n) is 7.67. The van der Waals surface area contributed by atoms with Crippen LogP contribution < -0.4 is 5.32 Å². The molecule has 1 atom stereocenters. The van der Waals surface area contributed by atoms with Crippen molar-refractivity contribution in [3.63, 3.8) is 0 Å². The van der Waals surface area contributed by atoms with E-state index in [1.165, 1.54) is 11.1 Å². The zero-order valence-corrected chi connectivity index (χ0v) is 17.4. The van der Waals surface area contributed by atoms with Crippen LogP contribution in [0.3, 0.4) is 0 Å². The lowest BCUT2D eigenvalue weighted by Crippen LogP contribution is -2.52. The third-order valence-corrected chi connectivity index (χ3v) is 5.74. The lowest BCUT2D eigenvalue weighted by Gasteiger charge is -2.39. The van der Waals surface area contributed by atoms with Crippen LogP contribution in [0.1, 0.15) is 37.4 Å². The maximum absolute atomic E-state index is 12.5. The van der Waals surface area contributed by atoms with Crippen molar-refractivity contribution in [3.8, 4) is 0 Å². The van der Waals surface area contributed by atoms with Crippen LogP contribution in [-0.4, -0.2) is 54.3 Å². The van der Waals surface area contributed by atoms with Crippen LogP contribution in [0.25, 0.3) is 0 Å². The topological polar surface area (TPSA) is 52.7 Å². The van der Waals surface area contributed by atoms with Gasteiger partial charge in [-0.3, -0.25) is 14.5 Å². The van der Waals surface area contributed by atoms with Gasteiger partial charge in [-0.1, -0.05) is 74.5 Å². The van der Waals surface area contributed by atoms with E-state index in [4.69, 9.17) is 0 Å². The minimum absolute atomic E-state index is 0.00252. The van der Waals surface area contributed by atoms with Crippen molar-refractivity contribution in [2.75, 3.05) is 32.7 Å². The van der Waals surface area contributed by atoms with Crippen LogP contribution in [0.2, 0.25) is 0 Å². The van der Waals surface area contributed by atoms with Gasteiger partial charge in [-0.25, -0.2) is 0 Å². The SMILES string of the molecule is CCC(C)C(=O)NCC(=O)N1CCN(C(c2ccccc2)c2ccccc2)CC1. The van der Waals surface area contributed by atoms with Crippen LogP contribution in [-0.2, 0) is 9.59 Å². The van der Waals surface area contributed by atoms with Gasteiger partial charge in [0.25, 0.3) is 0 Å². The number of amides is 2. The predicted molar refractivity (Wildman–Crippen MR) is 115 cm³/mol. The molecule has 1 unspecified atom stereocenters. The Morgan fingerprint density at radius 2 is 1.41 bits per heavy atom. The monoisotopic (exact) mass is 393 g/mol. The van der Waals surface area contributed by atoms with Crippen molar-refractivity contribution in [1.82, 2.24) is 15.1 Å². The molecule has 3 rings (SSSR count). The third-order valence-electron chi connectivity index (χ3n) is 5.74. The maximum atomic E-state index is 12.5. The van der Waals surface area contributed by atoms with Gasteiger partial charge in [0.05, 0.1) is 12.6 Å². The van der Waals surface area contributed by atoms with E-state index in [-0.39, 0.29) is 30.3 Å². The summed E-state index contributed by atoms with van der Waals surface area (Å²) in [6.07, 6.45) is 0.777. The first kappa shape index (κ1) is 21.1. The van der Waals surface area contributed by atoms with Crippen LogP contribution in [0, 0.1) is 5.92 Å². The minimum atomic E-state index is -0.0582. The van der Waals surface area contributed by atoms with Gasteiger partial charge >= 0.3 is 0 Å². The molecule has 1 fully saturated rings. The molecule has 0 aliphatic carbocycles. The predicted octanol–water partition coefficient (Wildman–Crippen LogP) is 3.08. The molecule has 2 aromatic rings. The van der Waals surface area contributed by atoms with Crippen molar-refractivity contribution in [1.29, 1.82) is 0 Å². The van der Waals surface area contributed by atoms with Crippen LogP contribution in [0.4, 0.5) is 0 Å². The molecule has 0 bridgehead atoms. The molecule has 0 saturated carbocycles. The van der Waals surface area contributed by atoms with Crippen molar-refractivity contribution in [2.45, 2.75) is 26.3 Å². The summed E-state index contributed by atoms with van der Waals surface area (Å²) in [7, 11) is 0. The molecule has 1 aliphatic rings. The standard InChI is InChI=1S/C24H31N3O2/c1-3-19(2)24(29)25-18-22(28)26-14-16-27(17-15-26)23(20-10-6-4-7-11-20)21-12-8-5-9-13-21/h4-13,19,23H,3,14-18H2,1-2H3,(H,25,29).